The normalized spacial score (nSPS) is 41.3. The fourth-order valence-corrected chi connectivity index (χ4v) is 1.08. The Morgan fingerprint density at radius 3 is 1.56 bits per heavy atom. The number of nitrogens with two attached hydrogens (primary N) is 2. The monoisotopic (exact) mass is 136 g/mol. The van der Waals surface area contributed by atoms with Gasteiger partial charge in [-0.1, -0.05) is 0 Å². The van der Waals surface area contributed by atoms with Crippen LogP contribution in [0.5, 0.6) is 0 Å². The molecule has 54 valence electrons. The molecule has 2 nitrogen and oxygen atoms in total. The summed E-state index contributed by atoms with van der Waals surface area (Å²) in [5.41, 5.74) is 10.5. The standard InChI is InChI=1S/C5H10F2N2/c6-5(7)1-3(8)4(9)2-5/h3-4H,1-2,8-9H2/t3-,4-/m1/s1. The van der Waals surface area contributed by atoms with Crippen LogP contribution in [0, 0.1) is 0 Å². The highest BCUT2D eigenvalue weighted by Crippen LogP contribution is 2.32. The quantitative estimate of drug-likeness (QED) is 0.495. The van der Waals surface area contributed by atoms with Crippen LogP contribution in [-0.4, -0.2) is 18.0 Å². The van der Waals surface area contributed by atoms with Gasteiger partial charge in [0.25, 0.3) is 5.92 Å². The maximum Gasteiger partial charge on any atom is 0.251 e. The maximum absolute atomic E-state index is 12.3. The Kier molecular flexibility index (Phi) is 1.44. The molecule has 2 atom stereocenters. The summed E-state index contributed by atoms with van der Waals surface area (Å²) in [7, 11) is 0. The molecule has 0 aromatic rings. The molecular formula is C5H10F2N2. The predicted octanol–water partition coefficient (Wildman–Crippen LogP) is 0.0701. The Morgan fingerprint density at radius 2 is 1.44 bits per heavy atom. The second kappa shape index (κ2) is 1.88. The van der Waals surface area contributed by atoms with Crippen molar-refractivity contribution in [2.75, 3.05) is 0 Å². The molecule has 0 aliphatic heterocycles. The van der Waals surface area contributed by atoms with Gasteiger partial charge < -0.3 is 11.5 Å². The molecule has 4 N–H and O–H groups in total. The average molecular weight is 136 g/mol. The summed E-state index contributed by atoms with van der Waals surface area (Å²) in [6.45, 7) is 0. The molecule has 0 saturated heterocycles. The van der Waals surface area contributed by atoms with E-state index in [1.165, 1.54) is 0 Å². The van der Waals surface area contributed by atoms with E-state index in [9.17, 15) is 8.78 Å². The van der Waals surface area contributed by atoms with Gasteiger partial charge in [-0.2, -0.15) is 0 Å². The molecule has 0 bridgehead atoms. The minimum atomic E-state index is -2.61. The van der Waals surface area contributed by atoms with Gasteiger partial charge in [-0.3, -0.25) is 0 Å². The van der Waals surface area contributed by atoms with Crippen LogP contribution in [-0.2, 0) is 0 Å². The smallest absolute Gasteiger partial charge is 0.251 e. The fourth-order valence-electron chi connectivity index (χ4n) is 1.08. The molecule has 0 aromatic carbocycles. The van der Waals surface area contributed by atoms with Crippen LogP contribution in [0.25, 0.3) is 0 Å². The molecule has 0 heterocycles. The van der Waals surface area contributed by atoms with E-state index in [-0.39, 0.29) is 12.8 Å². The van der Waals surface area contributed by atoms with E-state index < -0.39 is 18.0 Å². The Labute approximate surface area is 52.2 Å². The van der Waals surface area contributed by atoms with Crippen LogP contribution in [0.4, 0.5) is 8.78 Å². The van der Waals surface area contributed by atoms with Crippen LogP contribution >= 0.6 is 0 Å². The van der Waals surface area contributed by atoms with Gasteiger partial charge in [0.15, 0.2) is 0 Å². The zero-order valence-electron chi connectivity index (χ0n) is 4.98. The summed E-state index contributed by atoms with van der Waals surface area (Å²) in [5.74, 6) is -2.61. The minimum Gasteiger partial charge on any atom is -0.326 e. The lowest BCUT2D eigenvalue weighted by atomic mass is 10.2. The number of hydrogen-bond acceptors (Lipinski definition) is 2. The van der Waals surface area contributed by atoms with Crippen molar-refractivity contribution in [3.63, 3.8) is 0 Å². The van der Waals surface area contributed by atoms with Crippen molar-refractivity contribution in [3.05, 3.63) is 0 Å². The topological polar surface area (TPSA) is 52.0 Å². The Bertz CT molecular complexity index is 104. The molecule has 0 unspecified atom stereocenters. The summed E-state index contributed by atoms with van der Waals surface area (Å²) >= 11 is 0. The van der Waals surface area contributed by atoms with Crippen molar-refractivity contribution in [2.45, 2.75) is 30.8 Å². The van der Waals surface area contributed by atoms with Gasteiger partial charge in [0.2, 0.25) is 0 Å². The summed E-state index contributed by atoms with van der Waals surface area (Å²) in [5, 5.41) is 0. The molecule has 0 amide bonds. The number of rotatable bonds is 0. The third-order valence-electron chi connectivity index (χ3n) is 1.62. The number of halogens is 2. The largest absolute Gasteiger partial charge is 0.326 e. The molecule has 1 aliphatic rings. The first-order chi connectivity index (χ1) is 4.01. The van der Waals surface area contributed by atoms with E-state index in [2.05, 4.69) is 0 Å². The zero-order chi connectivity index (χ0) is 7.07. The van der Waals surface area contributed by atoms with Crippen molar-refractivity contribution in [1.82, 2.24) is 0 Å². The predicted molar refractivity (Wildman–Crippen MR) is 30.1 cm³/mol. The highest BCUT2D eigenvalue weighted by Gasteiger charge is 2.42. The van der Waals surface area contributed by atoms with Crippen molar-refractivity contribution in [3.8, 4) is 0 Å². The van der Waals surface area contributed by atoms with Crippen LogP contribution in [0.15, 0.2) is 0 Å². The first-order valence-corrected chi connectivity index (χ1v) is 2.90. The van der Waals surface area contributed by atoms with Gasteiger partial charge in [-0.15, -0.1) is 0 Å². The first-order valence-electron chi connectivity index (χ1n) is 2.90. The van der Waals surface area contributed by atoms with E-state index in [1.807, 2.05) is 0 Å². The van der Waals surface area contributed by atoms with Crippen molar-refractivity contribution in [1.29, 1.82) is 0 Å². The summed E-state index contributed by atoms with van der Waals surface area (Å²) in [4.78, 5) is 0. The number of alkyl halides is 2. The van der Waals surface area contributed by atoms with Crippen LogP contribution in [0.1, 0.15) is 12.8 Å². The molecule has 0 aromatic heterocycles. The molecule has 1 saturated carbocycles. The van der Waals surface area contributed by atoms with Gasteiger partial charge >= 0.3 is 0 Å². The Hall–Kier alpha value is -0.220. The van der Waals surface area contributed by atoms with Crippen LogP contribution in [0.2, 0.25) is 0 Å². The Balaban J connectivity index is 2.54. The highest BCUT2D eigenvalue weighted by molar-refractivity contribution is 4.93. The molecule has 9 heavy (non-hydrogen) atoms. The van der Waals surface area contributed by atoms with Gasteiger partial charge in [0, 0.05) is 24.9 Å². The fraction of sp³-hybridized carbons (Fsp3) is 1.00. The average Bonchev–Trinajstić information content (AvgIpc) is 1.79. The maximum atomic E-state index is 12.3. The van der Waals surface area contributed by atoms with Gasteiger partial charge in [-0.25, -0.2) is 8.78 Å². The molecular weight excluding hydrogens is 126 g/mol. The molecule has 1 aliphatic carbocycles. The van der Waals surface area contributed by atoms with E-state index in [0.29, 0.717) is 0 Å². The van der Waals surface area contributed by atoms with E-state index in [0.717, 1.165) is 0 Å². The van der Waals surface area contributed by atoms with Gasteiger partial charge in [-0.05, 0) is 0 Å². The van der Waals surface area contributed by atoms with Gasteiger partial charge in [0.1, 0.15) is 0 Å². The SMILES string of the molecule is N[C@@H]1CC(F)(F)C[C@H]1N. The minimum absolute atomic E-state index is 0.256. The van der Waals surface area contributed by atoms with E-state index in [4.69, 9.17) is 11.5 Å². The third kappa shape index (κ3) is 1.37. The van der Waals surface area contributed by atoms with Crippen molar-refractivity contribution < 1.29 is 8.78 Å². The molecule has 0 radical (unpaired) electrons. The summed E-state index contributed by atoms with van der Waals surface area (Å²) < 4.78 is 24.6. The van der Waals surface area contributed by atoms with E-state index in [1.54, 1.807) is 0 Å². The molecule has 1 fully saturated rings. The molecule has 4 heteroatoms. The van der Waals surface area contributed by atoms with E-state index >= 15 is 0 Å². The highest BCUT2D eigenvalue weighted by atomic mass is 19.3. The lowest BCUT2D eigenvalue weighted by Gasteiger charge is -2.04. The Morgan fingerprint density at radius 1 is 1.11 bits per heavy atom. The summed E-state index contributed by atoms with van der Waals surface area (Å²) in [6.07, 6.45) is -0.512. The zero-order valence-corrected chi connectivity index (χ0v) is 4.98. The summed E-state index contributed by atoms with van der Waals surface area (Å²) in [6, 6.07) is -1.03. The first kappa shape index (κ1) is 6.89. The molecule has 0 spiro atoms. The lowest BCUT2D eigenvalue weighted by Crippen LogP contribution is -2.35. The second-order valence-corrected chi connectivity index (χ2v) is 2.59. The van der Waals surface area contributed by atoms with Crippen molar-refractivity contribution in [2.24, 2.45) is 11.5 Å². The molecule has 1 rings (SSSR count). The third-order valence-corrected chi connectivity index (χ3v) is 1.62. The van der Waals surface area contributed by atoms with Crippen LogP contribution < -0.4 is 11.5 Å². The van der Waals surface area contributed by atoms with Crippen LogP contribution in [0.3, 0.4) is 0 Å². The van der Waals surface area contributed by atoms with Crippen molar-refractivity contribution >= 4 is 0 Å². The second-order valence-electron chi connectivity index (χ2n) is 2.59. The number of hydrogen-bond donors (Lipinski definition) is 2. The lowest BCUT2D eigenvalue weighted by molar-refractivity contribution is 0.00693. The van der Waals surface area contributed by atoms with Gasteiger partial charge in [0.05, 0.1) is 0 Å².